The van der Waals surface area contributed by atoms with Gasteiger partial charge in [-0.05, 0) is 44.4 Å². The number of aromatic nitrogens is 4. The second kappa shape index (κ2) is 11.4. The van der Waals surface area contributed by atoms with E-state index in [1.807, 2.05) is 68.7 Å². The average Bonchev–Trinajstić information content (AvgIpc) is 3.63. The molecular weight excluding hydrogens is 492 g/mol. The van der Waals surface area contributed by atoms with Crippen LogP contribution in [0.25, 0.3) is 16.9 Å². The lowest BCUT2D eigenvalue weighted by molar-refractivity contribution is -0.137. The first-order valence-corrected chi connectivity index (χ1v) is 13.1. The number of esters is 1. The Balaban J connectivity index is 1.42. The summed E-state index contributed by atoms with van der Waals surface area (Å²) >= 11 is 0. The molecule has 2 aromatic carbocycles. The highest BCUT2D eigenvalue weighted by Gasteiger charge is 2.33. The number of hydrogen-bond acceptors (Lipinski definition) is 5. The molecule has 0 unspecified atom stereocenters. The summed E-state index contributed by atoms with van der Waals surface area (Å²) in [5, 5.41) is 15.3. The van der Waals surface area contributed by atoms with E-state index in [0.717, 1.165) is 33.6 Å². The number of benzene rings is 2. The molecule has 4 aromatic rings. The maximum atomic E-state index is 13.5. The summed E-state index contributed by atoms with van der Waals surface area (Å²) in [5.41, 5.74) is 5.33. The van der Waals surface area contributed by atoms with Gasteiger partial charge < -0.3 is 10.1 Å². The molecule has 2 aromatic heterocycles. The van der Waals surface area contributed by atoms with Gasteiger partial charge >= 0.3 is 12.0 Å². The summed E-state index contributed by atoms with van der Waals surface area (Å²) in [6.45, 7) is 4.05. The maximum Gasteiger partial charge on any atom is 0.330 e. The van der Waals surface area contributed by atoms with Crippen molar-refractivity contribution in [3.05, 3.63) is 95.8 Å². The molecule has 2 atom stereocenters. The highest BCUT2D eigenvalue weighted by molar-refractivity contribution is 5.91. The van der Waals surface area contributed by atoms with E-state index in [-0.39, 0.29) is 24.0 Å². The van der Waals surface area contributed by atoms with Crippen LogP contribution >= 0.6 is 0 Å². The Morgan fingerprint density at radius 1 is 1.08 bits per heavy atom. The third-order valence-electron chi connectivity index (χ3n) is 6.94. The van der Waals surface area contributed by atoms with Gasteiger partial charge in [0.2, 0.25) is 0 Å². The molecule has 2 heterocycles. The molecule has 0 spiro atoms. The molecule has 0 saturated heterocycles. The van der Waals surface area contributed by atoms with Crippen LogP contribution in [0.3, 0.4) is 0 Å². The summed E-state index contributed by atoms with van der Waals surface area (Å²) in [4.78, 5) is 25.6. The summed E-state index contributed by atoms with van der Waals surface area (Å²) < 4.78 is 8.58. The van der Waals surface area contributed by atoms with Gasteiger partial charge in [0.1, 0.15) is 11.5 Å². The highest BCUT2D eigenvalue weighted by Crippen LogP contribution is 2.38. The quantitative estimate of drug-likeness (QED) is 0.257. The van der Waals surface area contributed by atoms with Gasteiger partial charge in [-0.2, -0.15) is 10.2 Å². The van der Waals surface area contributed by atoms with Crippen LogP contribution in [0.2, 0.25) is 0 Å². The minimum absolute atomic E-state index is 0.0312. The minimum atomic E-state index is -0.352. The van der Waals surface area contributed by atoms with Crippen LogP contribution in [0.5, 0.6) is 0 Å². The molecule has 1 aliphatic carbocycles. The number of anilines is 1. The van der Waals surface area contributed by atoms with Crippen molar-refractivity contribution in [2.24, 2.45) is 7.05 Å². The van der Waals surface area contributed by atoms with Gasteiger partial charge in [0, 0.05) is 42.4 Å². The fourth-order valence-corrected chi connectivity index (χ4v) is 5.13. The van der Waals surface area contributed by atoms with Crippen molar-refractivity contribution in [1.29, 1.82) is 0 Å². The number of urea groups is 1. The molecule has 0 bridgehead atoms. The van der Waals surface area contributed by atoms with E-state index >= 15 is 0 Å². The molecule has 0 aliphatic heterocycles. The standard InChI is InChI=1S/C30H32N6O3/c1-4-39-27(37)17-21-15-25(22-11-7-5-8-12-22)26(16-21)32-30(38)33-29-20(2)28(23-18-31-35(3)19-23)34-36(29)24-13-9-6-10-14-24/h5-14,17-19,25-26H,4,15-16H2,1-3H3,(H2,32,33,38)/b21-17+/t25-,26+/m0/s1. The van der Waals surface area contributed by atoms with Crippen LogP contribution < -0.4 is 10.6 Å². The van der Waals surface area contributed by atoms with Crippen molar-refractivity contribution in [3.8, 4) is 16.9 Å². The lowest BCUT2D eigenvalue weighted by Crippen LogP contribution is -2.39. The molecule has 2 amide bonds. The largest absolute Gasteiger partial charge is 0.463 e. The van der Waals surface area contributed by atoms with Crippen LogP contribution in [0.4, 0.5) is 10.6 Å². The average molecular weight is 525 g/mol. The normalized spacial score (nSPS) is 17.8. The van der Waals surface area contributed by atoms with E-state index in [0.29, 0.717) is 25.3 Å². The van der Waals surface area contributed by atoms with Gasteiger partial charge in [0.05, 0.1) is 18.5 Å². The van der Waals surface area contributed by atoms with Gasteiger partial charge in [0.15, 0.2) is 0 Å². The van der Waals surface area contributed by atoms with Gasteiger partial charge in [0.25, 0.3) is 0 Å². The van der Waals surface area contributed by atoms with Crippen molar-refractivity contribution in [2.75, 3.05) is 11.9 Å². The zero-order valence-corrected chi connectivity index (χ0v) is 22.3. The lowest BCUT2D eigenvalue weighted by atomic mass is 9.94. The first kappa shape index (κ1) is 26.0. The summed E-state index contributed by atoms with van der Waals surface area (Å²) in [7, 11) is 1.86. The van der Waals surface area contributed by atoms with Crippen LogP contribution in [0.1, 0.15) is 36.8 Å². The third-order valence-corrected chi connectivity index (χ3v) is 6.94. The molecule has 1 fully saturated rings. The molecule has 1 aliphatic rings. The predicted octanol–water partition coefficient (Wildman–Crippen LogP) is 5.14. The van der Waals surface area contributed by atoms with Crippen LogP contribution in [-0.2, 0) is 16.6 Å². The van der Waals surface area contributed by atoms with Crippen molar-refractivity contribution in [2.45, 2.75) is 38.6 Å². The minimum Gasteiger partial charge on any atom is -0.463 e. The topological polar surface area (TPSA) is 103 Å². The summed E-state index contributed by atoms with van der Waals surface area (Å²) in [6.07, 6.45) is 6.45. The van der Waals surface area contributed by atoms with E-state index in [1.165, 1.54) is 0 Å². The van der Waals surface area contributed by atoms with Crippen molar-refractivity contribution in [1.82, 2.24) is 24.9 Å². The lowest BCUT2D eigenvalue weighted by Gasteiger charge is -2.21. The Bertz CT molecular complexity index is 1490. The molecule has 9 nitrogen and oxygen atoms in total. The van der Waals surface area contributed by atoms with Crippen molar-refractivity contribution < 1.29 is 14.3 Å². The first-order chi connectivity index (χ1) is 18.9. The van der Waals surface area contributed by atoms with Gasteiger partial charge in [-0.3, -0.25) is 10.00 Å². The zero-order valence-electron chi connectivity index (χ0n) is 22.3. The van der Waals surface area contributed by atoms with E-state index in [2.05, 4.69) is 27.9 Å². The Labute approximate surface area is 227 Å². The van der Waals surface area contributed by atoms with E-state index < -0.39 is 0 Å². The molecule has 5 rings (SSSR count). The number of rotatable bonds is 7. The number of ether oxygens (including phenoxy) is 1. The molecule has 2 N–H and O–H groups in total. The summed E-state index contributed by atoms with van der Waals surface area (Å²) in [5.74, 6) is 0.257. The second-order valence-corrected chi connectivity index (χ2v) is 9.66. The smallest absolute Gasteiger partial charge is 0.330 e. The van der Waals surface area contributed by atoms with Crippen LogP contribution in [0.15, 0.2) is 84.7 Å². The van der Waals surface area contributed by atoms with Crippen molar-refractivity contribution in [3.63, 3.8) is 0 Å². The van der Waals surface area contributed by atoms with Crippen LogP contribution in [-0.4, -0.2) is 44.2 Å². The second-order valence-electron chi connectivity index (χ2n) is 9.66. The number of para-hydroxylation sites is 1. The molecule has 1 saturated carbocycles. The summed E-state index contributed by atoms with van der Waals surface area (Å²) in [6, 6.07) is 19.2. The number of hydrogen-bond donors (Lipinski definition) is 2. The highest BCUT2D eigenvalue weighted by atomic mass is 16.5. The fourth-order valence-electron chi connectivity index (χ4n) is 5.13. The van der Waals surface area contributed by atoms with E-state index in [1.54, 1.807) is 28.6 Å². The fraction of sp³-hybridized carbons (Fsp3) is 0.267. The number of nitrogens with one attached hydrogen (secondary N) is 2. The molecule has 39 heavy (non-hydrogen) atoms. The number of amides is 2. The monoisotopic (exact) mass is 524 g/mol. The van der Waals surface area contributed by atoms with E-state index in [9.17, 15) is 9.59 Å². The number of nitrogens with zero attached hydrogens (tertiary/aromatic N) is 4. The number of aryl methyl sites for hydroxylation is 1. The molecular formula is C30H32N6O3. The van der Waals surface area contributed by atoms with Gasteiger partial charge in [-0.25, -0.2) is 14.3 Å². The van der Waals surface area contributed by atoms with Gasteiger partial charge in [-0.15, -0.1) is 0 Å². The number of carbonyl (C=O) groups is 2. The Morgan fingerprint density at radius 2 is 1.79 bits per heavy atom. The first-order valence-electron chi connectivity index (χ1n) is 13.1. The molecule has 9 heteroatoms. The molecule has 200 valence electrons. The SMILES string of the molecule is CCOC(=O)/C=C1/C[C@@H](NC(=O)Nc2c(C)c(-c3cnn(C)c3)nn2-c2ccccc2)[C@H](c2ccccc2)C1. The maximum absolute atomic E-state index is 13.5. The van der Waals surface area contributed by atoms with Crippen LogP contribution in [0, 0.1) is 6.92 Å². The third kappa shape index (κ3) is 5.77. The van der Waals surface area contributed by atoms with Gasteiger partial charge in [-0.1, -0.05) is 54.1 Å². The zero-order chi connectivity index (χ0) is 27.4. The Hall–Kier alpha value is -4.66. The molecule has 0 radical (unpaired) electrons. The predicted molar refractivity (Wildman–Crippen MR) is 150 cm³/mol. The Kier molecular flexibility index (Phi) is 7.58. The van der Waals surface area contributed by atoms with E-state index in [4.69, 9.17) is 9.84 Å². The van der Waals surface area contributed by atoms with Crippen molar-refractivity contribution >= 4 is 17.8 Å². The number of carbonyl (C=O) groups excluding carboxylic acids is 2. The Morgan fingerprint density at radius 3 is 2.46 bits per heavy atom.